The van der Waals surface area contributed by atoms with Crippen molar-refractivity contribution in [2.75, 3.05) is 19.7 Å². The lowest BCUT2D eigenvalue weighted by atomic mass is 10.0. The summed E-state index contributed by atoms with van der Waals surface area (Å²) in [5, 5.41) is 8.79. The normalized spacial score (nSPS) is 27.9. The number of aliphatic hydroxyl groups is 1. The highest BCUT2D eigenvalue weighted by Gasteiger charge is 2.41. The van der Waals surface area contributed by atoms with E-state index < -0.39 is 0 Å². The van der Waals surface area contributed by atoms with Crippen molar-refractivity contribution >= 4 is 0 Å². The summed E-state index contributed by atoms with van der Waals surface area (Å²) in [6, 6.07) is 11.1. The van der Waals surface area contributed by atoms with Gasteiger partial charge in [0.05, 0.1) is 0 Å². The predicted molar refractivity (Wildman–Crippen MR) is 61.9 cm³/mol. The van der Waals surface area contributed by atoms with Gasteiger partial charge in [-0.15, -0.1) is 0 Å². The van der Waals surface area contributed by atoms with E-state index in [-0.39, 0.29) is 12.5 Å². The van der Waals surface area contributed by atoms with Gasteiger partial charge >= 0.3 is 0 Å². The maximum Gasteiger partial charge on any atom is 0.0497 e. The average molecular weight is 205 g/mol. The molecule has 0 aliphatic carbocycles. The van der Waals surface area contributed by atoms with Crippen molar-refractivity contribution in [2.24, 2.45) is 0 Å². The molecule has 2 heteroatoms. The second-order valence-electron chi connectivity index (χ2n) is 4.43. The molecule has 2 unspecified atom stereocenters. The van der Waals surface area contributed by atoms with E-state index in [1.54, 1.807) is 0 Å². The van der Waals surface area contributed by atoms with Gasteiger partial charge in [0.25, 0.3) is 0 Å². The third-order valence-electron chi connectivity index (χ3n) is 3.22. The van der Waals surface area contributed by atoms with Gasteiger partial charge in [-0.1, -0.05) is 37.3 Å². The molecule has 2 aliphatic rings. The first-order valence-electron chi connectivity index (χ1n) is 5.71. The molecule has 0 saturated carbocycles. The highest BCUT2D eigenvalue weighted by Crippen LogP contribution is 2.30. The molecule has 0 amide bonds. The lowest BCUT2D eigenvalue weighted by Crippen LogP contribution is -2.16. The van der Waals surface area contributed by atoms with Crippen LogP contribution in [0.4, 0.5) is 0 Å². The van der Waals surface area contributed by atoms with Crippen LogP contribution in [0.2, 0.25) is 0 Å². The van der Waals surface area contributed by atoms with Crippen LogP contribution >= 0.6 is 0 Å². The van der Waals surface area contributed by atoms with Gasteiger partial charge in [0.2, 0.25) is 0 Å². The summed E-state index contributed by atoms with van der Waals surface area (Å²) < 4.78 is 0. The van der Waals surface area contributed by atoms with E-state index in [4.69, 9.17) is 5.11 Å². The van der Waals surface area contributed by atoms with Crippen LogP contribution in [0, 0.1) is 0 Å². The van der Waals surface area contributed by atoms with Gasteiger partial charge in [0.1, 0.15) is 0 Å². The fraction of sp³-hybridized carbons (Fsp3) is 0.538. The van der Waals surface area contributed by atoms with Gasteiger partial charge in [0, 0.05) is 31.7 Å². The molecule has 2 fully saturated rings. The Kier molecular flexibility index (Phi) is 3.39. The number of aliphatic hydroxyl groups excluding tert-OH is 1. The van der Waals surface area contributed by atoms with Crippen molar-refractivity contribution in [3.63, 3.8) is 0 Å². The second-order valence-corrected chi connectivity index (χ2v) is 4.43. The van der Waals surface area contributed by atoms with E-state index in [9.17, 15) is 0 Å². The zero-order valence-electron chi connectivity index (χ0n) is 9.26. The number of rotatable bonds is 2. The van der Waals surface area contributed by atoms with Gasteiger partial charge in [-0.25, -0.2) is 0 Å². The number of hydrogen-bond acceptors (Lipinski definition) is 2. The number of fused-ring (bicyclic) bond motifs is 1. The molecule has 0 spiro atoms. The average Bonchev–Trinajstić information content (AvgIpc) is 2.86. The van der Waals surface area contributed by atoms with E-state index in [2.05, 4.69) is 4.90 Å². The summed E-state index contributed by atoms with van der Waals surface area (Å²) in [6.45, 7) is 5.05. The Bertz CT molecular complexity index is 287. The van der Waals surface area contributed by atoms with Crippen LogP contribution in [0.5, 0.6) is 0 Å². The second kappa shape index (κ2) is 4.77. The largest absolute Gasteiger partial charge is 0.396 e. The molecule has 82 valence electrons. The lowest BCUT2D eigenvalue weighted by Gasteiger charge is -2.08. The summed E-state index contributed by atoms with van der Waals surface area (Å²) in [5.74, 6) is 0.265. The minimum absolute atomic E-state index is 0.226. The summed E-state index contributed by atoms with van der Waals surface area (Å²) in [4.78, 5) is 2.47. The first kappa shape index (κ1) is 10.7. The Hall–Kier alpha value is -0.860. The maximum atomic E-state index is 8.79. The number of nitrogens with zero attached hydrogens (tertiary/aromatic N) is 1. The van der Waals surface area contributed by atoms with Crippen molar-refractivity contribution in [3.8, 4) is 0 Å². The molecule has 2 aliphatic heterocycles. The molecule has 2 heterocycles. The van der Waals surface area contributed by atoms with Crippen LogP contribution in [0.1, 0.15) is 24.8 Å². The number of hydrogen-bond donors (Lipinski definition) is 1. The molecule has 0 bridgehead atoms. The number of benzene rings is 1. The Morgan fingerprint density at radius 3 is 2.40 bits per heavy atom. The highest BCUT2D eigenvalue weighted by atomic mass is 16.3. The van der Waals surface area contributed by atoms with Gasteiger partial charge in [0.15, 0.2) is 0 Å². The van der Waals surface area contributed by atoms with Gasteiger partial charge < -0.3 is 5.11 Å². The Labute approximate surface area is 91.5 Å². The molecule has 2 saturated heterocycles. The summed E-state index contributed by atoms with van der Waals surface area (Å²) >= 11 is 0. The summed E-state index contributed by atoms with van der Waals surface area (Å²) in [6.07, 6.45) is 1.49. The summed E-state index contributed by atoms with van der Waals surface area (Å²) in [7, 11) is 0. The minimum atomic E-state index is 0.226. The quantitative estimate of drug-likeness (QED) is 0.745. The van der Waals surface area contributed by atoms with Crippen molar-refractivity contribution in [2.45, 2.75) is 25.3 Å². The molecule has 3 rings (SSSR count). The van der Waals surface area contributed by atoms with Crippen molar-refractivity contribution in [3.05, 3.63) is 35.9 Å². The van der Waals surface area contributed by atoms with Gasteiger partial charge in [-0.2, -0.15) is 0 Å². The Balaban J connectivity index is 0.000000139. The first-order chi connectivity index (χ1) is 7.31. The Morgan fingerprint density at radius 1 is 1.40 bits per heavy atom. The molecule has 0 aromatic heterocycles. The SMILES string of the molecule is C1CN2CC12.C[C@@H](CO)c1ccccc1. The molecule has 1 N–H and O–H groups in total. The predicted octanol–water partition coefficient (Wildman–Crippen LogP) is 1.86. The van der Waals surface area contributed by atoms with Crippen LogP contribution < -0.4 is 0 Å². The Morgan fingerprint density at radius 2 is 2.07 bits per heavy atom. The van der Waals surface area contributed by atoms with Gasteiger partial charge in [-0.3, -0.25) is 4.90 Å². The lowest BCUT2D eigenvalue weighted by molar-refractivity contribution is 0.273. The van der Waals surface area contributed by atoms with E-state index in [1.165, 1.54) is 25.1 Å². The molecule has 15 heavy (non-hydrogen) atoms. The fourth-order valence-electron chi connectivity index (χ4n) is 1.79. The third kappa shape index (κ3) is 2.80. The van der Waals surface area contributed by atoms with Crippen molar-refractivity contribution < 1.29 is 5.11 Å². The van der Waals surface area contributed by atoms with E-state index in [0.29, 0.717) is 0 Å². The molecule has 3 atom stereocenters. The molecule has 1 aromatic carbocycles. The standard InChI is InChI=1S/C9H12O.C4H7N/c1-8(7-10)9-5-3-2-4-6-9;1-2-5-3-4(1)5/h2-6,8,10H,7H2,1H3;4H,1-3H2/t8-;/m0./s1. The molecular weight excluding hydrogens is 186 g/mol. The first-order valence-corrected chi connectivity index (χ1v) is 5.71. The summed E-state index contributed by atoms with van der Waals surface area (Å²) in [5.41, 5.74) is 1.20. The van der Waals surface area contributed by atoms with Crippen LogP contribution in [-0.2, 0) is 0 Å². The van der Waals surface area contributed by atoms with Gasteiger partial charge in [-0.05, 0) is 12.0 Å². The smallest absolute Gasteiger partial charge is 0.0497 e. The third-order valence-corrected chi connectivity index (χ3v) is 3.22. The van der Waals surface area contributed by atoms with Crippen molar-refractivity contribution in [1.82, 2.24) is 4.90 Å². The van der Waals surface area contributed by atoms with Crippen LogP contribution in [0.3, 0.4) is 0 Å². The maximum absolute atomic E-state index is 8.79. The van der Waals surface area contributed by atoms with Crippen LogP contribution in [0.25, 0.3) is 0 Å². The molecule has 0 radical (unpaired) electrons. The fourth-order valence-corrected chi connectivity index (χ4v) is 1.79. The van der Waals surface area contributed by atoms with Crippen LogP contribution in [0.15, 0.2) is 30.3 Å². The van der Waals surface area contributed by atoms with E-state index in [1.807, 2.05) is 37.3 Å². The monoisotopic (exact) mass is 205 g/mol. The molecular formula is C13H19NO. The molecule has 1 aromatic rings. The zero-order chi connectivity index (χ0) is 10.7. The molecule has 2 nitrogen and oxygen atoms in total. The topological polar surface area (TPSA) is 23.2 Å². The van der Waals surface area contributed by atoms with E-state index >= 15 is 0 Å². The van der Waals surface area contributed by atoms with Crippen LogP contribution in [-0.4, -0.2) is 35.7 Å². The minimum Gasteiger partial charge on any atom is -0.396 e. The van der Waals surface area contributed by atoms with E-state index in [0.717, 1.165) is 6.04 Å². The highest BCUT2D eigenvalue weighted by molar-refractivity contribution is 5.18. The van der Waals surface area contributed by atoms with Crippen molar-refractivity contribution in [1.29, 1.82) is 0 Å². The zero-order valence-corrected chi connectivity index (χ0v) is 9.26.